The monoisotopic (exact) mass is 367 g/mol. The summed E-state index contributed by atoms with van der Waals surface area (Å²) in [4.78, 5) is 25.7. The molecule has 0 radical (unpaired) electrons. The molecule has 27 heavy (non-hydrogen) atoms. The Balaban J connectivity index is 1.40. The lowest BCUT2D eigenvalue weighted by molar-refractivity contribution is -0.144. The lowest BCUT2D eigenvalue weighted by atomic mass is 9.97. The second-order valence-corrected chi connectivity index (χ2v) is 7.24. The fraction of sp³-hybridized carbons (Fsp3) is 0.450. The third-order valence-electron chi connectivity index (χ3n) is 5.43. The molecule has 7 nitrogen and oxygen atoms in total. The van der Waals surface area contributed by atoms with Gasteiger partial charge in [-0.25, -0.2) is 9.97 Å². The van der Waals surface area contributed by atoms with Crippen LogP contribution in [0.5, 0.6) is 0 Å². The predicted molar refractivity (Wildman–Crippen MR) is 102 cm³/mol. The van der Waals surface area contributed by atoms with Crippen molar-refractivity contribution < 1.29 is 9.53 Å². The van der Waals surface area contributed by atoms with Crippen LogP contribution < -0.4 is 5.73 Å². The van der Waals surface area contributed by atoms with Crippen molar-refractivity contribution in [3.8, 4) is 0 Å². The van der Waals surface area contributed by atoms with Crippen molar-refractivity contribution >= 4 is 11.7 Å². The number of fused-ring (bicyclic) bond motifs is 1. The van der Waals surface area contributed by atoms with Crippen molar-refractivity contribution in [2.45, 2.75) is 31.5 Å². The van der Waals surface area contributed by atoms with Gasteiger partial charge in [0.2, 0.25) is 0 Å². The summed E-state index contributed by atoms with van der Waals surface area (Å²) in [6.07, 6.45) is 2.99. The van der Waals surface area contributed by atoms with Gasteiger partial charge in [0, 0.05) is 25.3 Å². The fourth-order valence-electron chi connectivity index (χ4n) is 3.91. The van der Waals surface area contributed by atoms with Gasteiger partial charge in [-0.3, -0.25) is 9.69 Å². The molecule has 0 saturated carbocycles. The van der Waals surface area contributed by atoms with Crippen LogP contribution in [-0.4, -0.2) is 58.5 Å². The Kier molecular flexibility index (Phi) is 5.05. The first-order valence-electron chi connectivity index (χ1n) is 9.37. The third-order valence-corrected chi connectivity index (χ3v) is 5.43. The van der Waals surface area contributed by atoms with E-state index >= 15 is 0 Å². The number of hydrogen-bond acceptors (Lipinski definition) is 6. The zero-order valence-corrected chi connectivity index (χ0v) is 15.5. The molecule has 1 aromatic carbocycles. The molecular weight excluding hydrogens is 342 g/mol. The number of carbonyl (C=O) groups excluding carboxylic acids is 1. The zero-order chi connectivity index (χ0) is 18.8. The highest BCUT2D eigenvalue weighted by Crippen LogP contribution is 2.30. The van der Waals surface area contributed by atoms with Gasteiger partial charge in [0.25, 0.3) is 5.91 Å². The van der Waals surface area contributed by atoms with Gasteiger partial charge in [-0.15, -0.1) is 0 Å². The van der Waals surface area contributed by atoms with Crippen LogP contribution in [0.1, 0.15) is 29.5 Å². The fourth-order valence-corrected chi connectivity index (χ4v) is 3.91. The standard InChI is InChI=1S/C20H25N5O2/c1-24(13-18-22-9-6-17(21)23-18)15-7-10-25(12-15)20(26)19-16-5-3-2-4-14(16)8-11-27-19/h2-6,9,15,19H,7-8,10-13H2,1H3,(H2,21,22,23). The van der Waals surface area contributed by atoms with Gasteiger partial charge in [-0.05, 0) is 37.1 Å². The van der Waals surface area contributed by atoms with E-state index in [9.17, 15) is 4.79 Å². The summed E-state index contributed by atoms with van der Waals surface area (Å²) >= 11 is 0. The minimum atomic E-state index is -0.476. The van der Waals surface area contributed by atoms with E-state index in [4.69, 9.17) is 10.5 Å². The average molecular weight is 367 g/mol. The van der Waals surface area contributed by atoms with Crippen LogP contribution in [0.2, 0.25) is 0 Å². The van der Waals surface area contributed by atoms with Crippen molar-refractivity contribution in [2.75, 3.05) is 32.5 Å². The molecule has 3 heterocycles. The SMILES string of the molecule is CN(Cc1nccc(N)n1)C1CCN(C(=O)C2OCCc3ccccc32)C1. The topological polar surface area (TPSA) is 84.6 Å². The van der Waals surface area contributed by atoms with Crippen LogP contribution in [0, 0.1) is 0 Å². The van der Waals surface area contributed by atoms with Crippen molar-refractivity contribution in [3.63, 3.8) is 0 Å². The Morgan fingerprint density at radius 3 is 3.07 bits per heavy atom. The van der Waals surface area contributed by atoms with Crippen LogP contribution in [0.4, 0.5) is 5.82 Å². The minimum Gasteiger partial charge on any atom is -0.384 e. The summed E-state index contributed by atoms with van der Waals surface area (Å²) in [5.74, 6) is 1.25. The highest BCUT2D eigenvalue weighted by molar-refractivity contribution is 5.83. The number of likely N-dealkylation sites (tertiary alicyclic amines) is 1. The predicted octanol–water partition coefficient (Wildman–Crippen LogP) is 1.41. The summed E-state index contributed by atoms with van der Waals surface area (Å²) in [5, 5.41) is 0. The molecule has 1 fully saturated rings. The number of benzene rings is 1. The van der Waals surface area contributed by atoms with Gasteiger partial charge in [-0.1, -0.05) is 24.3 Å². The first-order chi connectivity index (χ1) is 13.1. The maximum atomic E-state index is 13.1. The van der Waals surface area contributed by atoms with E-state index < -0.39 is 6.10 Å². The smallest absolute Gasteiger partial charge is 0.256 e. The van der Waals surface area contributed by atoms with Crippen LogP contribution >= 0.6 is 0 Å². The lowest BCUT2D eigenvalue weighted by Crippen LogP contribution is -2.39. The van der Waals surface area contributed by atoms with Gasteiger partial charge in [-0.2, -0.15) is 0 Å². The molecule has 1 aromatic heterocycles. The second-order valence-electron chi connectivity index (χ2n) is 7.24. The van der Waals surface area contributed by atoms with Gasteiger partial charge < -0.3 is 15.4 Å². The van der Waals surface area contributed by atoms with E-state index in [1.54, 1.807) is 12.3 Å². The van der Waals surface area contributed by atoms with E-state index in [-0.39, 0.29) is 11.9 Å². The number of amides is 1. The Morgan fingerprint density at radius 2 is 2.22 bits per heavy atom. The first kappa shape index (κ1) is 17.9. The Bertz CT molecular complexity index is 828. The molecule has 2 N–H and O–H groups in total. The van der Waals surface area contributed by atoms with Crippen LogP contribution in [0.15, 0.2) is 36.5 Å². The van der Waals surface area contributed by atoms with E-state index in [1.807, 2.05) is 30.1 Å². The van der Waals surface area contributed by atoms with E-state index in [0.29, 0.717) is 31.3 Å². The number of aromatic nitrogens is 2. The zero-order valence-electron chi connectivity index (χ0n) is 15.5. The number of nitrogens with two attached hydrogens (primary N) is 1. The van der Waals surface area contributed by atoms with Crippen molar-refractivity contribution in [2.24, 2.45) is 0 Å². The number of nitrogen functional groups attached to an aromatic ring is 1. The van der Waals surface area contributed by atoms with Crippen molar-refractivity contribution in [1.29, 1.82) is 0 Å². The molecule has 1 amide bonds. The Morgan fingerprint density at radius 1 is 1.37 bits per heavy atom. The molecule has 7 heteroatoms. The normalized spacial score (nSPS) is 22.1. The molecule has 142 valence electrons. The Labute approximate surface area is 159 Å². The number of likely N-dealkylation sites (N-methyl/N-ethyl adjacent to an activating group) is 1. The molecule has 2 aromatic rings. The molecule has 1 saturated heterocycles. The first-order valence-corrected chi connectivity index (χ1v) is 9.37. The molecule has 0 spiro atoms. The number of ether oxygens (including phenoxy) is 1. The van der Waals surface area contributed by atoms with Crippen LogP contribution in [0.3, 0.4) is 0 Å². The highest BCUT2D eigenvalue weighted by atomic mass is 16.5. The lowest BCUT2D eigenvalue weighted by Gasteiger charge is -2.29. The summed E-state index contributed by atoms with van der Waals surface area (Å²) < 4.78 is 5.84. The van der Waals surface area contributed by atoms with E-state index in [1.165, 1.54) is 5.56 Å². The van der Waals surface area contributed by atoms with Crippen molar-refractivity contribution in [3.05, 3.63) is 53.5 Å². The molecule has 2 aliphatic rings. The Hall–Kier alpha value is -2.51. The van der Waals surface area contributed by atoms with Gasteiger partial charge in [0.1, 0.15) is 11.6 Å². The number of hydrogen-bond donors (Lipinski definition) is 1. The largest absolute Gasteiger partial charge is 0.384 e. The number of anilines is 1. The van der Waals surface area contributed by atoms with Crippen LogP contribution in [-0.2, 0) is 22.5 Å². The molecule has 2 unspecified atom stereocenters. The summed E-state index contributed by atoms with van der Waals surface area (Å²) in [7, 11) is 2.04. The number of nitrogens with zero attached hydrogens (tertiary/aromatic N) is 4. The molecule has 4 rings (SSSR count). The maximum absolute atomic E-state index is 13.1. The molecule has 0 aliphatic carbocycles. The van der Waals surface area contributed by atoms with E-state index in [0.717, 1.165) is 24.9 Å². The second kappa shape index (κ2) is 7.62. The third kappa shape index (κ3) is 3.79. The van der Waals surface area contributed by atoms with Gasteiger partial charge >= 0.3 is 0 Å². The minimum absolute atomic E-state index is 0.0678. The van der Waals surface area contributed by atoms with Crippen molar-refractivity contribution in [1.82, 2.24) is 19.8 Å². The summed E-state index contributed by atoms with van der Waals surface area (Å²) in [5.41, 5.74) is 7.96. The van der Waals surface area contributed by atoms with Gasteiger partial charge in [0.05, 0.1) is 13.2 Å². The van der Waals surface area contributed by atoms with E-state index in [2.05, 4.69) is 20.9 Å². The molecular formula is C20H25N5O2. The number of carbonyl (C=O) groups is 1. The summed E-state index contributed by atoms with van der Waals surface area (Å²) in [6, 6.07) is 10.0. The maximum Gasteiger partial charge on any atom is 0.256 e. The molecule has 2 atom stereocenters. The van der Waals surface area contributed by atoms with Gasteiger partial charge in [0.15, 0.2) is 6.10 Å². The number of rotatable bonds is 4. The molecule has 0 bridgehead atoms. The molecule has 2 aliphatic heterocycles. The summed E-state index contributed by atoms with van der Waals surface area (Å²) in [6.45, 7) is 2.64. The highest BCUT2D eigenvalue weighted by Gasteiger charge is 2.35. The average Bonchev–Trinajstić information content (AvgIpc) is 3.17. The van der Waals surface area contributed by atoms with Crippen LogP contribution in [0.25, 0.3) is 0 Å². The quantitative estimate of drug-likeness (QED) is 0.879.